The van der Waals surface area contributed by atoms with Gasteiger partial charge in [0, 0.05) is 39.3 Å². The minimum absolute atomic E-state index is 0.190. The van der Waals surface area contributed by atoms with E-state index in [2.05, 4.69) is 138 Å². The molecule has 1 aliphatic carbocycles. The van der Waals surface area contributed by atoms with Gasteiger partial charge >= 0.3 is 0 Å². The number of imidazole rings is 1. The van der Waals surface area contributed by atoms with Gasteiger partial charge in [-0.15, -0.1) is 0 Å². The van der Waals surface area contributed by atoms with Crippen LogP contribution in [-0.2, 0) is 5.79 Å². The molecule has 4 nitrogen and oxygen atoms in total. The second-order valence-corrected chi connectivity index (χ2v) is 12.9. The van der Waals surface area contributed by atoms with Crippen molar-refractivity contribution in [3.63, 3.8) is 0 Å². The van der Waals surface area contributed by atoms with Crippen molar-refractivity contribution in [2.45, 2.75) is 11.7 Å². The number of halogens is 1. The highest BCUT2D eigenvalue weighted by atomic mass is 35.5. The van der Waals surface area contributed by atoms with Crippen LogP contribution in [0, 0.1) is 0 Å². The van der Waals surface area contributed by atoms with Gasteiger partial charge in [-0.25, -0.2) is 15.0 Å². The highest BCUT2D eigenvalue weighted by Gasteiger charge is 2.47. The lowest BCUT2D eigenvalue weighted by atomic mass is 9.95. The maximum absolute atomic E-state index is 7.09. The van der Waals surface area contributed by atoms with E-state index in [4.69, 9.17) is 26.6 Å². The summed E-state index contributed by atoms with van der Waals surface area (Å²) in [6, 6.07) is 58.0. The molecule has 0 amide bonds. The van der Waals surface area contributed by atoms with Crippen molar-refractivity contribution in [3.8, 4) is 33.9 Å². The van der Waals surface area contributed by atoms with E-state index in [0.717, 1.165) is 61.8 Å². The molecule has 238 valence electrons. The average Bonchev–Trinajstić information content (AvgIpc) is 3.84. The first-order valence-corrected chi connectivity index (χ1v) is 17.2. The maximum atomic E-state index is 7.09. The van der Waals surface area contributed by atoms with Crippen molar-refractivity contribution in [1.82, 2.24) is 9.55 Å². The largest absolute Gasteiger partial charge is 0.275 e. The summed E-state index contributed by atoms with van der Waals surface area (Å²) < 4.78 is 2.24. The summed E-state index contributed by atoms with van der Waals surface area (Å²) in [7, 11) is 0. The van der Waals surface area contributed by atoms with Crippen molar-refractivity contribution in [3.05, 3.63) is 209 Å². The van der Waals surface area contributed by atoms with E-state index in [1.165, 1.54) is 0 Å². The van der Waals surface area contributed by atoms with Crippen LogP contribution in [0.2, 0.25) is 5.02 Å². The van der Waals surface area contributed by atoms with E-state index < -0.39 is 5.79 Å². The van der Waals surface area contributed by atoms with E-state index in [1.807, 2.05) is 48.5 Å². The van der Waals surface area contributed by atoms with Crippen molar-refractivity contribution < 1.29 is 0 Å². The normalized spacial score (nSPS) is 14.7. The first-order chi connectivity index (χ1) is 24.7. The van der Waals surface area contributed by atoms with Crippen LogP contribution in [0.1, 0.15) is 28.2 Å². The van der Waals surface area contributed by atoms with Gasteiger partial charge in [0.1, 0.15) is 5.82 Å². The van der Waals surface area contributed by atoms with Gasteiger partial charge in [-0.05, 0) is 17.7 Å². The Balaban J connectivity index is 1.49. The highest BCUT2D eigenvalue weighted by molar-refractivity contribution is 6.54. The molecule has 50 heavy (non-hydrogen) atoms. The second kappa shape index (κ2) is 12.4. The number of aromatic nitrogens is 2. The average molecular weight is 663 g/mol. The Kier molecular flexibility index (Phi) is 7.45. The Bertz CT molecular complexity index is 2370. The van der Waals surface area contributed by atoms with E-state index in [-0.39, 0.29) is 5.92 Å². The van der Waals surface area contributed by atoms with Crippen LogP contribution in [0.15, 0.2) is 192 Å². The zero-order chi connectivity index (χ0) is 33.5. The van der Waals surface area contributed by atoms with Gasteiger partial charge in [-0.3, -0.25) is 4.57 Å². The highest BCUT2D eigenvalue weighted by Crippen LogP contribution is 2.49. The molecule has 1 aliphatic heterocycles. The van der Waals surface area contributed by atoms with E-state index in [0.29, 0.717) is 10.8 Å². The smallest absolute Gasteiger partial charge is 0.261 e. The molecule has 0 saturated heterocycles. The number of rotatable bonds is 8. The lowest BCUT2D eigenvalue weighted by molar-refractivity contribution is 0.406. The minimum Gasteiger partial charge on any atom is -0.275 e. The Morgan fingerprint density at radius 1 is 0.500 bits per heavy atom. The molecule has 0 atom stereocenters. The Morgan fingerprint density at radius 3 is 1.54 bits per heavy atom. The van der Waals surface area contributed by atoms with Crippen molar-refractivity contribution in [2.75, 3.05) is 0 Å². The van der Waals surface area contributed by atoms with Crippen molar-refractivity contribution in [2.24, 2.45) is 9.98 Å². The fourth-order valence-corrected chi connectivity index (χ4v) is 7.16. The number of hydrogen-bond acceptors (Lipinski definition) is 3. The van der Waals surface area contributed by atoms with Crippen LogP contribution in [0.5, 0.6) is 0 Å². The Hall–Kier alpha value is -6.10. The topological polar surface area (TPSA) is 42.5 Å². The number of allylic oxidation sites excluding steroid dienone is 2. The Morgan fingerprint density at radius 2 is 0.980 bits per heavy atom. The molecule has 2 heterocycles. The van der Waals surface area contributed by atoms with Gasteiger partial charge in [0.25, 0.3) is 5.79 Å². The quantitative estimate of drug-likeness (QED) is 0.149. The summed E-state index contributed by atoms with van der Waals surface area (Å²) in [6.45, 7) is 0. The molecule has 2 aliphatic rings. The Labute approximate surface area is 296 Å². The molecule has 0 bridgehead atoms. The summed E-state index contributed by atoms with van der Waals surface area (Å²) in [5.41, 5.74) is 10.3. The summed E-state index contributed by atoms with van der Waals surface area (Å²) in [4.78, 5) is 17.2. The fourth-order valence-electron chi connectivity index (χ4n) is 6.94. The van der Waals surface area contributed by atoms with Crippen molar-refractivity contribution >= 4 is 23.0 Å². The molecular weight excluding hydrogens is 632 g/mol. The molecule has 0 saturated carbocycles. The third-order valence-corrected chi connectivity index (χ3v) is 9.65. The molecule has 7 aromatic rings. The molecule has 5 heteroatoms. The van der Waals surface area contributed by atoms with Crippen molar-refractivity contribution in [1.29, 1.82) is 0 Å². The van der Waals surface area contributed by atoms with E-state index in [9.17, 15) is 0 Å². The van der Waals surface area contributed by atoms with Gasteiger partial charge < -0.3 is 0 Å². The summed E-state index contributed by atoms with van der Waals surface area (Å²) in [5, 5.41) is 0.600. The predicted molar refractivity (Wildman–Crippen MR) is 205 cm³/mol. The maximum Gasteiger partial charge on any atom is 0.261 e. The monoisotopic (exact) mass is 662 g/mol. The number of aliphatic imine (C=N–C) groups is 2. The number of benzene rings is 6. The summed E-state index contributed by atoms with van der Waals surface area (Å²) in [5.74, 6) is -0.423. The molecule has 9 rings (SSSR count). The fraction of sp³-hybridized carbons (Fsp3) is 0.0444. The van der Waals surface area contributed by atoms with Crippen LogP contribution in [-0.4, -0.2) is 21.0 Å². The molecule has 0 N–H and O–H groups in total. The third kappa shape index (κ3) is 5.13. The number of nitrogens with zero attached hydrogens (tertiary/aromatic N) is 4. The standard InChI is InChI=1S/C45H31ClN4/c46-39-28-16-14-26-37(39)44-47-42(34-21-9-3-10-22-34)43(35-23-11-4-12-24-35)50(44)45(38-27-15-13-25-36(38)31-29-30-31)48-40(32-17-5-1-6-18-32)41(49-45)33-19-7-2-8-20-33/h1-31H. The van der Waals surface area contributed by atoms with Crippen LogP contribution in [0.3, 0.4) is 0 Å². The third-order valence-electron chi connectivity index (χ3n) is 9.32. The van der Waals surface area contributed by atoms with Gasteiger partial charge in [0.15, 0.2) is 0 Å². The summed E-state index contributed by atoms with van der Waals surface area (Å²) >= 11 is 7.09. The first kappa shape index (κ1) is 30.0. The predicted octanol–water partition coefficient (Wildman–Crippen LogP) is 10.8. The zero-order valence-corrected chi connectivity index (χ0v) is 27.8. The van der Waals surface area contributed by atoms with E-state index >= 15 is 0 Å². The SMILES string of the molecule is Clc1ccccc1-c1nc(-c2ccccc2)c(-c2ccccc2)n1C1(c2ccccc2C2C=C2)N=C(c2ccccc2)C(c2ccccc2)=N1. The molecule has 0 unspecified atom stereocenters. The zero-order valence-electron chi connectivity index (χ0n) is 27.1. The van der Waals surface area contributed by atoms with Gasteiger partial charge in [-0.2, -0.15) is 0 Å². The number of hydrogen-bond donors (Lipinski definition) is 0. The van der Waals surface area contributed by atoms with Gasteiger partial charge in [-0.1, -0.05) is 181 Å². The molecule has 0 fully saturated rings. The molecule has 1 aromatic heterocycles. The van der Waals surface area contributed by atoms with E-state index in [1.54, 1.807) is 0 Å². The lowest BCUT2D eigenvalue weighted by Crippen LogP contribution is -2.32. The van der Waals surface area contributed by atoms with Gasteiger partial charge in [0.05, 0.1) is 27.8 Å². The molecular formula is C45H31ClN4. The van der Waals surface area contributed by atoms with Crippen LogP contribution >= 0.6 is 11.6 Å². The summed E-state index contributed by atoms with van der Waals surface area (Å²) in [6.07, 6.45) is 4.45. The first-order valence-electron chi connectivity index (χ1n) is 16.8. The van der Waals surface area contributed by atoms with Crippen LogP contribution < -0.4 is 0 Å². The van der Waals surface area contributed by atoms with Crippen LogP contribution in [0.4, 0.5) is 0 Å². The second-order valence-electron chi connectivity index (χ2n) is 12.5. The van der Waals surface area contributed by atoms with Gasteiger partial charge in [0.2, 0.25) is 0 Å². The molecule has 0 spiro atoms. The molecule has 0 radical (unpaired) electrons. The molecule has 6 aromatic carbocycles. The minimum atomic E-state index is -1.29. The lowest BCUT2D eigenvalue weighted by Gasteiger charge is -2.31. The van der Waals surface area contributed by atoms with Crippen LogP contribution in [0.25, 0.3) is 33.9 Å².